The number of rotatable bonds is 3. The molecule has 96 valence electrons. The molecule has 0 bridgehead atoms. The summed E-state index contributed by atoms with van der Waals surface area (Å²) in [5.41, 5.74) is 1.21. The first-order chi connectivity index (χ1) is 9.22. The van der Waals surface area contributed by atoms with Gasteiger partial charge in [-0.2, -0.15) is 0 Å². The number of hydrogen-bond acceptors (Lipinski definition) is 1. The van der Waals surface area contributed by atoms with Crippen LogP contribution in [0.3, 0.4) is 0 Å². The average molecular weight is 336 g/mol. The summed E-state index contributed by atoms with van der Waals surface area (Å²) >= 11 is 9.68. The van der Waals surface area contributed by atoms with Gasteiger partial charge in [-0.3, -0.25) is 0 Å². The molecule has 3 rings (SSSR count). The Morgan fingerprint density at radius 3 is 2.53 bits per heavy atom. The number of alkyl halides is 1. The van der Waals surface area contributed by atoms with Crippen molar-refractivity contribution in [3.8, 4) is 0 Å². The number of furan rings is 1. The summed E-state index contributed by atoms with van der Waals surface area (Å²) in [5.74, 6) is 0.793. The summed E-state index contributed by atoms with van der Waals surface area (Å²) in [6.45, 7) is 0. The van der Waals surface area contributed by atoms with Crippen LogP contribution in [0.1, 0.15) is 16.7 Å². The molecule has 0 aliphatic carbocycles. The van der Waals surface area contributed by atoms with Crippen LogP contribution >= 0.6 is 27.5 Å². The Morgan fingerprint density at radius 1 is 1.00 bits per heavy atom. The van der Waals surface area contributed by atoms with Crippen LogP contribution in [0.15, 0.2) is 63.7 Å². The molecule has 1 nitrogen and oxygen atoms in total. The Bertz CT molecular complexity index is 705. The van der Waals surface area contributed by atoms with E-state index in [9.17, 15) is 0 Å². The zero-order valence-corrected chi connectivity index (χ0v) is 12.5. The molecule has 0 saturated carbocycles. The van der Waals surface area contributed by atoms with Crippen LogP contribution in [-0.4, -0.2) is 0 Å². The quantitative estimate of drug-likeness (QED) is 0.558. The molecule has 1 heterocycles. The van der Waals surface area contributed by atoms with Crippen LogP contribution < -0.4 is 0 Å². The first-order valence-electron chi connectivity index (χ1n) is 6.09. The second-order valence-corrected chi connectivity index (χ2v) is 5.80. The van der Waals surface area contributed by atoms with Gasteiger partial charge in [0.05, 0.1) is 5.38 Å². The van der Waals surface area contributed by atoms with Crippen molar-refractivity contribution in [2.24, 2.45) is 0 Å². The monoisotopic (exact) mass is 334 g/mol. The van der Waals surface area contributed by atoms with Gasteiger partial charge in [-0.05, 0) is 50.8 Å². The highest BCUT2D eigenvalue weighted by molar-refractivity contribution is 9.10. The number of hydrogen-bond donors (Lipinski definition) is 0. The molecule has 0 spiro atoms. The van der Waals surface area contributed by atoms with Crippen LogP contribution in [0, 0.1) is 0 Å². The van der Waals surface area contributed by atoms with Crippen molar-refractivity contribution < 1.29 is 4.42 Å². The van der Waals surface area contributed by atoms with Gasteiger partial charge in [0.2, 0.25) is 0 Å². The fourth-order valence-electron chi connectivity index (χ4n) is 2.17. The lowest BCUT2D eigenvalue weighted by atomic mass is 10.0. The molecule has 1 aromatic heterocycles. The minimum atomic E-state index is -0.146. The average Bonchev–Trinajstić information content (AvgIpc) is 2.85. The first kappa shape index (κ1) is 12.8. The Labute approximate surface area is 125 Å². The van der Waals surface area contributed by atoms with Crippen molar-refractivity contribution in [3.05, 3.63) is 70.6 Å². The fraction of sp³-hybridized carbons (Fsp3) is 0.125. The number of halogens is 2. The predicted molar refractivity (Wildman–Crippen MR) is 82.7 cm³/mol. The number of benzene rings is 2. The van der Waals surface area contributed by atoms with Gasteiger partial charge >= 0.3 is 0 Å². The molecule has 0 fully saturated rings. The van der Waals surface area contributed by atoms with Crippen molar-refractivity contribution >= 4 is 38.3 Å². The summed E-state index contributed by atoms with van der Waals surface area (Å²) in [6.07, 6.45) is 0.756. The van der Waals surface area contributed by atoms with Gasteiger partial charge in [0.1, 0.15) is 5.76 Å². The predicted octanol–water partition coefficient (Wildman–Crippen LogP) is 5.72. The lowest BCUT2D eigenvalue weighted by molar-refractivity contribution is 0.481. The maximum Gasteiger partial charge on any atom is 0.169 e. The first-order valence-corrected chi connectivity index (χ1v) is 7.32. The van der Waals surface area contributed by atoms with Gasteiger partial charge in [0.15, 0.2) is 4.67 Å². The van der Waals surface area contributed by atoms with Crippen molar-refractivity contribution in [2.45, 2.75) is 11.8 Å². The lowest BCUT2D eigenvalue weighted by Crippen LogP contribution is -1.94. The van der Waals surface area contributed by atoms with Gasteiger partial charge in [-0.15, -0.1) is 11.6 Å². The van der Waals surface area contributed by atoms with E-state index in [-0.39, 0.29) is 5.38 Å². The molecule has 0 aliphatic heterocycles. The Morgan fingerprint density at radius 2 is 1.79 bits per heavy atom. The highest BCUT2D eigenvalue weighted by Gasteiger charge is 2.13. The van der Waals surface area contributed by atoms with E-state index in [1.807, 2.05) is 24.3 Å². The van der Waals surface area contributed by atoms with E-state index in [1.165, 1.54) is 16.3 Å². The van der Waals surface area contributed by atoms with Gasteiger partial charge in [-0.1, -0.05) is 42.5 Å². The normalized spacial score (nSPS) is 12.7. The lowest BCUT2D eigenvalue weighted by Gasteiger charge is -2.08. The second-order valence-electron chi connectivity index (χ2n) is 4.50. The zero-order valence-electron chi connectivity index (χ0n) is 10.1. The minimum Gasteiger partial charge on any atom is -0.453 e. The minimum absolute atomic E-state index is 0.146. The smallest absolute Gasteiger partial charge is 0.169 e. The number of fused-ring (bicyclic) bond motifs is 1. The highest BCUT2D eigenvalue weighted by atomic mass is 79.9. The van der Waals surface area contributed by atoms with Crippen LogP contribution in [0.4, 0.5) is 0 Å². The zero-order chi connectivity index (χ0) is 13.2. The van der Waals surface area contributed by atoms with Gasteiger partial charge < -0.3 is 4.42 Å². The third-order valence-corrected chi connectivity index (χ3v) is 3.93. The summed E-state index contributed by atoms with van der Waals surface area (Å²) < 4.78 is 6.20. The second kappa shape index (κ2) is 5.40. The Balaban J connectivity index is 1.84. The maximum absolute atomic E-state index is 6.39. The molecule has 19 heavy (non-hydrogen) atoms. The molecular weight excluding hydrogens is 324 g/mol. The van der Waals surface area contributed by atoms with Gasteiger partial charge in [0.25, 0.3) is 0 Å². The summed E-state index contributed by atoms with van der Waals surface area (Å²) in [5, 5.41) is 2.34. The molecule has 0 aliphatic rings. The highest BCUT2D eigenvalue weighted by Crippen LogP contribution is 2.29. The van der Waals surface area contributed by atoms with Crippen LogP contribution in [0.5, 0.6) is 0 Å². The molecule has 0 radical (unpaired) electrons. The van der Waals surface area contributed by atoms with E-state index in [0.717, 1.165) is 12.2 Å². The third-order valence-electron chi connectivity index (χ3n) is 3.13. The van der Waals surface area contributed by atoms with E-state index in [4.69, 9.17) is 16.0 Å². The van der Waals surface area contributed by atoms with Crippen molar-refractivity contribution in [1.82, 2.24) is 0 Å². The summed E-state index contributed by atoms with van der Waals surface area (Å²) in [7, 11) is 0. The summed E-state index contributed by atoms with van der Waals surface area (Å²) in [6, 6.07) is 18.5. The molecule has 2 aromatic carbocycles. The molecule has 0 saturated heterocycles. The third kappa shape index (κ3) is 2.85. The van der Waals surface area contributed by atoms with Crippen LogP contribution in [0.2, 0.25) is 0 Å². The molecule has 1 atom stereocenters. The standard InChI is InChI=1S/C16H12BrClO/c17-16-8-7-15(19-16)14(18)10-11-5-6-12-3-1-2-4-13(12)9-11/h1-9,14H,10H2. The van der Waals surface area contributed by atoms with Crippen molar-refractivity contribution in [2.75, 3.05) is 0 Å². The molecular formula is C16H12BrClO. The SMILES string of the molecule is ClC(Cc1ccc2ccccc2c1)c1ccc(Br)o1. The summed E-state index contributed by atoms with van der Waals surface area (Å²) in [4.78, 5) is 0. The largest absolute Gasteiger partial charge is 0.453 e. The molecule has 0 N–H and O–H groups in total. The van der Waals surface area contributed by atoms with Gasteiger partial charge in [-0.25, -0.2) is 0 Å². The molecule has 3 aromatic rings. The van der Waals surface area contributed by atoms with Gasteiger partial charge in [0, 0.05) is 0 Å². The topological polar surface area (TPSA) is 13.1 Å². The van der Waals surface area contributed by atoms with E-state index < -0.39 is 0 Å². The van der Waals surface area contributed by atoms with E-state index in [1.54, 1.807) is 0 Å². The van der Waals surface area contributed by atoms with E-state index >= 15 is 0 Å². The molecule has 0 amide bonds. The van der Waals surface area contributed by atoms with Crippen LogP contribution in [0.25, 0.3) is 10.8 Å². The Kier molecular flexibility index (Phi) is 3.63. The van der Waals surface area contributed by atoms with Crippen LogP contribution in [-0.2, 0) is 6.42 Å². The Hall–Kier alpha value is -1.25. The fourth-order valence-corrected chi connectivity index (χ4v) is 2.78. The van der Waals surface area contributed by atoms with E-state index in [2.05, 4.69) is 46.3 Å². The molecule has 3 heteroatoms. The van der Waals surface area contributed by atoms with Crippen molar-refractivity contribution in [1.29, 1.82) is 0 Å². The molecule has 1 unspecified atom stereocenters. The van der Waals surface area contributed by atoms with Crippen molar-refractivity contribution in [3.63, 3.8) is 0 Å². The maximum atomic E-state index is 6.39. The van der Waals surface area contributed by atoms with E-state index in [0.29, 0.717) is 4.67 Å².